The molecule has 0 atom stereocenters. The summed E-state index contributed by atoms with van der Waals surface area (Å²) in [5.41, 5.74) is -0.424. The molecule has 0 unspecified atom stereocenters. The second kappa shape index (κ2) is 7.78. The topological polar surface area (TPSA) is 58.2 Å². The lowest BCUT2D eigenvalue weighted by molar-refractivity contribution is -0.137. The predicted molar refractivity (Wildman–Crippen MR) is 82.9 cm³/mol. The molecule has 132 valence electrons. The summed E-state index contributed by atoms with van der Waals surface area (Å²) in [5, 5.41) is 4.72. The van der Waals surface area contributed by atoms with Gasteiger partial charge in [0.15, 0.2) is 0 Å². The normalized spacial score (nSPS) is 11.0. The standard InChI is InChI=1S/C17H14F4N2O2/c18-14-4-2-1-3-11(14)10-22-15(24)9-16(25)23-13-7-5-12(6-8-13)17(19,20)21/h1-8H,9-10H2,(H,22,24)(H,23,25). The predicted octanol–water partition coefficient (Wildman–Crippen LogP) is 3.49. The summed E-state index contributed by atoms with van der Waals surface area (Å²) < 4.78 is 50.7. The van der Waals surface area contributed by atoms with E-state index in [4.69, 9.17) is 0 Å². The molecule has 2 amide bonds. The van der Waals surface area contributed by atoms with Crippen LogP contribution in [0.4, 0.5) is 23.2 Å². The van der Waals surface area contributed by atoms with E-state index in [9.17, 15) is 27.2 Å². The van der Waals surface area contributed by atoms with Crippen LogP contribution >= 0.6 is 0 Å². The molecule has 0 bridgehead atoms. The van der Waals surface area contributed by atoms with Crippen molar-refractivity contribution in [3.8, 4) is 0 Å². The fourth-order valence-corrected chi connectivity index (χ4v) is 1.99. The largest absolute Gasteiger partial charge is 0.416 e. The molecule has 25 heavy (non-hydrogen) atoms. The first-order chi connectivity index (χ1) is 11.8. The third-order valence-electron chi connectivity index (χ3n) is 3.25. The van der Waals surface area contributed by atoms with Crippen molar-refractivity contribution in [2.24, 2.45) is 0 Å². The number of anilines is 1. The van der Waals surface area contributed by atoms with Crippen LogP contribution in [0, 0.1) is 5.82 Å². The average molecular weight is 354 g/mol. The van der Waals surface area contributed by atoms with E-state index in [1.165, 1.54) is 18.2 Å². The van der Waals surface area contributed by atoms with Gasteiger partial charge in [-0.1, -0.05) is 18.2 Å². The van der Waals surface area contributed by atoms with Crippen molar-refractivity contribution >= 4 is 17.5 Å². The lowest BCUT2D eigenvalue weighted by Crippen LogP contribution is -2.28. The van der Waals surface area contributed by atoms with Crippen molar-refractivity contribution in [1.29, 1.82) is 0 Å². The molecule has 0 aliphatic heterocycles. The first-order valence-electron chi connectivity index (χ1n) is 7.23. The highest BCUT2D eigenvalue weighted by atomic mass is 19.4. The summed E-state index contributed by atoms with van der Waals surface area (Å²) in [6.45, 7) is -0.0704. The molecule has 0 aliphatic rings. The minimum Gasteiger partial charge on any atom is -0.351 e. The zero-order chi connectivity index (χ0) is 18.4. The fraction of sp³-hybridized carbons (Fsp3) is 0.176. The number of carbonyl (C=O) groups excluding carboxylic acids is 2. The Labute approximate surface area is 140 Å². The molecule has 0 radical (unpaired) electrons. The van der Waals surface area contributed by atoms with Crippen LogP contribution in [0.2, 0.25) is 0 Å². The quantitative estimate of drug-likeness (QED) is 0.638. The van der Waals surface area contributed by atoms with E-state index in [2.05, 4.69) is 10.6 Å². The maximum atomic E-state index is 13.4. The van der Waals surface area contributed by atoms with E-state index < -0.39 is 35.8 Å². The van der Waals surface area contributed by atoms with Gasteiger partial charge in [-0.15, -0.1) is 0 Å². The highest BCUT2D eigenvalue weighted by molar-refractivity contribution is 6.03. The van der Waals surface area contributed by atoms with Gasteiger partial charge in [0.2, 0.25) is 11.8 Å². The summed E-state index contributed by atoms with van der Waals surface area (Å²) in [5.74, 6) is -1.80. The van der Waals surface area contributed by atoms with Crippen LogP contribution in [-0.2, 0) is 22.3 Å². The minimum atomic E-state index is -4.46. The van der Waals surface area contributed by atoms with Crippen LogP contribution in [-0.4, -0.2) is 11.8 Å². The lowest BCUT2D eigenvalue weighted by atomic mass is 10.2. The van der Waals surface area contributed by atoms with Gasteiger partial charge in [0, 0.05) is 17.8 Å². The van der Waals surface area contributed by atoms with Crippen molar-refractivity contribution in [1.82, 2.24) is 5.32 Å². The first-order valence-corrected chi connectivity index (χ1v) is 7.23. The maximum Gasteiger partial charge on any atom is 0.416 e. The molecule has 8 heteroatoms. The number of hydrogen-bond donors (Lipinski definition) is 2. The van der Waals surface area contributed by atoms with E-state index in [1.54, 1.807) is 6.07 Å². The van der Waals surface area contributed by atoms with Crippen LogP contribution in [0.15, 0.2) is 48.5 Å². The Morgan fingerprint density at radius 1 is 0.920 bits per heavy atom. The molecule has 2 rings (SSSR count). The fourth-order valence-electron chi connectivity index (χ4n) is 1.99. The molecule has 0 aliphatic carbocycles. The van der Waals surface area contributed by atoms with Crippen LogP contribution in [0.5, 0.6) is 0 Å². The van der Waals surface area contributed by atoms with Crippen molar-refractivity contribution in [3.05, 3.63) is 65.5 Å². The lowest BCUT2D eigenvalue weighted by Gasteiger charge is -2.09. The van der Waals surface area contributed by atoms with Crippen LogP contribution < -0.4 is 10.6 Å². The molecule has 0 saturated heterocycles. The van der Waals surface area contributed by atoms with E-state index in [-0.39, 0.29) is 17.8 Å². The SMILES string of the molecule is O=C(CC(=O)Nc1ccc(C(F)(F)F)cc1)NCc1ccccc1F. The van der Waals surface area contributed by atoms with Crippen molar-refractivity contribution in [2.75, 3.05) is 5.32 Å². The van der Waals surface area contributed by atoms with Gasteiger partial charge in [-0.05, 0) is 30.3 Å². The van der Waals surface area contributed by atoms with E-state index >= 15 is 0 Å². The Morgan fingerprint density at radius 3 is 2.16 bits per heavy atom. The van der Waals surface area contributed by atoms with Gasteiger partial charge in [-0.3, -0.25) is 9.59 Å². The second-order valence-electron chi connectivity index (χ2n) is 5.17. The van der Waals surface area contributed by atoms with Crippen molar-refractivity contribution < 1.29 is 27.2 Å². The molecule has 0 aromatic heterocycles. The number of amides is 2. The minimum absolute atomic E-state index is 0.0704. The number of alkyl halides is 3. The second-order valence-corrected chi connectivity index (χ2v) is 5.17. The smallest absolute Gasteiger partial charge is 0.351 e. The maximum absolute atomic E-state index is 13.4. The Kier molecular flexibility index (Phi) is 5.74. The number of carbonyl (C=O) groups is 2. The molecule has 0 saturated carbocycles. The Hall–Kier alpha value is -2.90. The molecule has 4 nitrogen and oxygen atoms in total. The van der Waals surface area contributed by atoms with Crippen LogP contribution in [0.1, 0.15) is 17.5 Å². The third kappa shape index (κ3) is 5.59. The highest BCUT2D eigenvalue weighted by Gasteiger charge is 2.30. The summed E-state index contributed by atoms with van der Waals surface area (Å²) in [6.07, 6.45) is -5.00. The van der Waals surface area contributed by atoms with Gasteiger partial charge >= 0.3 is 6.18 Å². The summed E-state index contributed by atoms with van der Waals surface area (Å²) in [6, 6.07) is 9.72. The number of rotatable bonds is 5. The molecule has 0 fully saturated rings. The molecule has 2 N–H and O–H groups in total. The van der Waals surface area contributed by atoms with Gasteiger partial charge in [-0.2, -0.15) is 13.2 Å². The van der Waals surface area contributed by atoms with Crippen molar-refractivity contribution in [3.63, 3.8) is 0 Å². The highest BCUT2D eigenvalue weighted by Crippen LogP contribution is 2.29. The number of hydrogen-bond acceptors (Lipinski definition) is 2. The van der Waals surface area contributed by atoms with E-state index in [0.29, 0.717) is 0 Å². The average Bonchev–Trinajstić information content (AvgIpc) is 2.53. The Balaban J connectivity index is 1.83. The molecule has 2 aromatic rings. The van der Waals surface area contributed by atoms with E-state index in [1.807, 2.05) is 0 Å². The van der Waals surface area contributed by atoms with Crippen molar-refractivity contribution in [2.45, 2.75) is 19.1 Å². The monoisotopic (exact) mass is 354 g/mol. The third-order valence-corrected chi connectivity index (χ3v) is 3.25. The Morgan fingerprint density at radius 2 is 1.56 bits per heavy atom. The van der Waals surface area contributed by atoms with E-state index in [0.717, 1.165) is 24.3 Å². The summed E-state index contributed by atoms with van der Waals surface area (Å²) >= 11 is 0. The van der Waals surface area contributed by atoms with Gasteiger partial charge in [0.1, 0.15) is 12.2 Å². The summed E-state index contributed by atoms with van der Waals surface area (Å²) in [7, 11) is 0. The Bertz CT molecular complexity index is 758. The zero-order valence-corrected chi connectivity index (χ0v) is 12.9. The number of halogens is 4. The van der Waals surface area contributed by atoms with Gasteiger partial charge in [0.25, 0.3) is 0 Å². The van der Waals surface area contributed by atoms with Gasteiger partial charge in [-0.25, -0.2) is 4.39 Å². The van der Waals surface area contributed by atoms with Crippen LogP contribution in [0.3, 0.4) is 0 Å². The summed E-state index contributed by atoms with van der Waals surface area (Å²) in [4.78, 5) is 23.4. The molecule has 0 heterocycles. The first kappa shape index (κ1) is 18.4. The van der Waals surface area contributed by atoms with Gasteiger partial charge < -0.3 is 10.6 Å². The molecular weight excluding hydrogens is 340 g/mol. The molecule has 0 spiro atoms. The molecule has 2 aromatic carbocycles. The van der Waals surface area contributed by atoms with Gasteiger partial charge in [0.05, 0.1) is 5.56 Å². The zero-order valence-electron chi connectivity index (χ0n) is 12.9. The number of benzene rings is 2. The molecular formula is C17H14F4N2O2. The number of nitrogens with one attached hydrogen (secondary N) is 2. The van der Waals surface area contributed by atoms with Crippen LogP contribution in [0.25, 0.3) is 0 Å².